The Morgan fingerprint density at radius 2 is 1.09 bits per heavy atom. The lowest BCUT2D eigenvalue weighted by atomic mass is 10.1. The fourth-order valence-electron chi connectivity index (χ4n) is 4.87. The molecule has 0 spiro atoms. The van der Waals surface area contributed by atoms with E-state index in [9.17, 15) is 18.0 Å². The molecule has 6 heterocycles. The lowest BCUT2D eigenvalue weighted by molar-refractivity contribution is -0.137. The van der Waals surface area contributed by atoms with Crippen LogP contribution < -0.4 is 0 Å². The third kappa shape index (κ3) is 33.3. The van der Waals surface area contributed by atoms with Crippen LogP contribution in [-0.2, 0) is 46.2 Å². The van der Waals surface area contributed by atoms with Gasteiger partial charge in [-0.25, -0.2) is 4.98 Å². The van der Waals surface area contributed by atoms with Gasteiger partial charge in [0.1, 0.15) is 12.7 Å². The van der Waals surface area contributed by atoms with Crippen molar-refractivity contribution in [1.29, 1.82) is 0 Å². The number of hydrogen-bond acceptors (Lipinski definition) is 8. The molecule has 1 fully saturated rings. The summed E-state index contributed by atoms with van der Waals surface area (Å²) < 4.78 is 42.9. The van der Waals surface area contributed by atoms with Gasteiger partial charge in [0.15, 0.2) is 0 Å². The van der Waals surface area contributed by atoms with Crippen LogP contribution in [-0.4, -0.2) is 83.5 Å². The Labute approximate surface area is 415 Å². The average molecular weight is 970 g/mol. The molecule has 5 aromatic heterocycles. The van der Waals surface area contributed by atoms with Gasteiger partial charge in [-0.2, -0.15) is 38.4 Å². The molecule has 0 N–H and O–H groups in total. The summed E-state index contributed by atoms with van der Waals surface area (Å²) in [7, 11) is 11.2. The van der Waals surface area contributed by atoms with Crippen LogP contribution in [0.15, 0.2) is 135 Å². The van der Waals surface area contributed by atoms with Crippen LogP contribution in [0.2, 0.25) is 0 Å². The summed E-state index contributed by atoms with van der Waals surface area (Å²) in [6.07, 6.45) is 13.2. The van der Waals surface area contributed by atoms with Crippen molar-refractivity contribution in [1.82, 2.24) is 64.0 Å². The van der Waals surface area contributed by atoms with Crippen molar-refractivity contribution in [2.24, 2.45) is 35.2 Å². The number of alkyl halides is 3. The van der Waals surface area contributed by atoms with Gasteiger partial charge in [-0.3, -0.25) is 18.8 Å². The highest BCUT2D eigenvalue weighted by atomic mass is 19.4. The Bertz CT molecular complexity index is 2100. The lowest BCUT2D eigenvalue weighted by Crippen LogP contribution is -2.17. The molecule has 9 rings (SSSR count). The normalized spacial score (nSPS) is 9.87. The van der Waals surface area contributed by atoms with Gasteiger partial charge in [-0.1, -0.05) is 136 Å². The Kier molecular flexibility index (Phi) is 45.7. The fourth-order valence-corrected chi connectivity index (χ4v) is 4.87. The predicted octanol–water partition coefficient (Wildman–Crippen LogP) is 13.0. The molecule has 8 aromatic rings. The Morgan fingerprint density at radius 1 is 0.565 bits per heavy atom. The van der Waals surface area contributed by atoms with Gasteiger partial charge in [-0.15, -0.1) is 5.10 Å². The minimum atomic E-state index is -4.21. The maximum absolute atomic E-state index is 11.9. The van der Waals surface area contributed by atoms with Gasteiger partial charge in [0, 0.05) is 90.9 Å². The van der Waals surface area contributed by atoms with Crippen LogP contribution in [0, 0.1) is 27.7 Å². The first-order chi connectivity index (χ1) is 29.0. The summed E-state index contributed by atoms with van der Waals surface area (Å²) in [5.41, 5.74) is 5.56. The first-order valence-electron chi connectivity index (χ1n) is 19.2. The van der Waals surface area contributed by atoms with Crippen molar-refractivity contribution in [2.45, 2.75) is 106 Å². The van der Waals surface area contributed by atoms with Crippen molar-refractivity contribution in [3.63, 3.8) is 0 Å². The summed E-state index contributed by atoms with van der Waals surface area (Å²) in [5.74, 6) is 0.292. The summed E-state index contributed by atoms with van der Waals surface area (Å²) in [6, 6.07) is 23.9. The third-order valence-corrected chi connectivity index (χ3v) is 8.25. The Balaban J connectivity index is -0.000000127. The maximum Gasteiger partial charge on any atom is 0.416 e. The minimum Gasteiger partial charge on any atom is -0.350 e. The van der Waals surface area contributed by atoms with Crippen LogP contribution >= 0.6 is 0 Å². The summed E-state index contributed by atoms with van der Waals surface area (Å²) in [5, 5.41) is 23.5. The van der Waals surface area contributed by atoms with E-state index in [-0.39, 0.29) is 59.4 Å². The zero-order valence-corrected chi connectivity index (χ0v) is 36.7. The summed E-state index contributed by atoms with van der Waals surface area (Å²) in [4.78, 5) is 17.4. The monoisotopic (exact) mass is 970 g/mol. The van der Waals surface area contributed by atoms with Crippen LogP contribution in [0.1, 0.15) is 100 Å². The number of amides is 1. The largest absolute Gasteiger partial charge is 0.416 e. The molecular formula is C52H90F3N13O. The molecule has 14 nitrogen and oxygen atoms in total. The Hall–Kier alpha value is -6.91. The molecule has 0 bridgehead atoms. The van der Waals surface area contributed by atoms with E-state index in [0.29, 0.717) is 5.91 Å². The lowest BCUT2D eigenvalue weighted by Gasteiger charge is -2.05. The Morgan fingerprint density at radius 3 is 1.35 bits per heavy atom. The molecule has 1 aliphatic rings. The van der Waals surface area contributed by atoms with Crippen molar-refractivity contribution in [3.05, 3.63) is 163 Å². The smallest absolute Gasteiger partial charge is 0.350 e. The molecule has 0 radical (unpaired) electrons. The van der Waals surface area contributed by atoms with Crippen molar-refractivity contribution >= 4 is 16.8 Å². The zero-order valence-electron chi connectivity index (χ0n) is 36.7. The number of likely N-dealkylation sites (tertiary alicyclic amines) is 1. The number of aryl methyl sites for hydroxylation is 9. The molecule has 1 aliphatic heterocycles. The van der Waals surface area contributed by atoms with Gasteiger partial charge in [0.05, 0.1) is 24.2 Å². The number of hydrogen-bond donors (Lipinski definition) is 0. The second-order valence-corrected chi connectivity index (χ2v) is 13.7. The second kappa shape index (κ2) is 41.3. The van der Waals surface area contributed by atoms with E-state index in [0.717, 1.165) is 37.1 Å². The highest BCUT2D eigenvalue weighted by molar-refractivity contribution is 5.83. The molecule has 17 heteroatoms. The summed E-state index contributed by atoms with van der Waals surface area (Å²) >= 11 is 0. The molecular weight excluding hydrogens is 880 g/mol. The molecule has 3 aromatic carbocycles. The predicted molar refractivity (Wildman–Crippen MR) is 287 cm³/mol. The molecule has 0 saturated carbocycles. The van der Waals surface area contributed by atoms with Crippen LogP contribution in [0.3, 0.4) is 0 Å². The van der Waals surface area contributed by atoms with E-state index in [4.69, 9.17) is 0 Å². The topological polar surface area (TPSA) is 135 Å². The number of halogens is 3. The van der Waals surface area contributed by atoms with Gasteiger partial charge in [0.25, 0.3) is 0 Å². The maximum atomic E-state index is 11.9. The van der Waals surface area contributed by atoms with Crippen molar-refractivity contribution < 1.29 is 18.0 Å². The average Bonchev–Trinajstić information content (AvgIpc) is 4.11. The molecule has 69 heavy (non-hydrogen) atoms. The SMILES string of the molecule is C.C.C.C.C.C.C.C.CN1CCCC1=O.Cc1ccc(C(F)(F)F)cc1.Cc1ccc(C)cc1.Cc1cn(C)c2ccccc12.Cn1cccn1.Cn1ccnn1.Cn1cncn1.Cn1nccn1. The second-order valence-electron chi connectivity index (χ2n) is 13.7. The van der Waals surface area contributed by atoms with E-state index in [1.165, 1.54) is 50.8 Å². The number of para-hydroxylation sites is 1. The van der Waals surface area contributed by atoms with Gasteiger partial charge in [0.2, 0.25) is 5.91 Å². The van der Waals surface area contributed by atoms with Crippen LogP contribution in [0.4, 0.5) is 13.2 Å². The van der Waals surface area contributed by atoms with Gasteiger partial charge < -0.3 is 9.47 Å². The van der Waals surface area contributed by atoms with E-state index in [1.807, 2.05) is 40.5 Å². The molecule has 1 amide bonds. The standard InChI is InChI=1S/C10H11N.C8H7F3.C8H10.C5H9NO.C4H6N2.3C3H5N3.8CH4/c1-8-7-11(2)10-6-4-3-5-9(8)10;1-6-2-4-7(5-3-6)8(9,10)11;1-7-3-5-8(2)6-4-7;1-6-4-2-3-5(6)7;1-6-4-2-3-5-6;1-6-3-4-2-5-6;1-6-3-2-4-5-6;1-6-4-2-3-5-6;;;;;;;;/h3-7H,1-2H3;2-5H,1H3;3-6H,1-2H3;2-4H2,1H3;2-4H,1H3;3*2-3H,1H3;8*1H4. The number of aromatic nitrogens is 12. The highest BCUT2D eigenvalue weighted by Crippen LogP contribution is 2.28. The van der Waals surface area contributed by atoms with Gasteiger partial charge >= 0.3 is 6.18 Å². The quantitative estimate of drug-likeness (QED) is 0.147. The summed E-state index contributed by atoms with van der Waals surface area (Å²) in [6.45, 7) is 9.04. The van der Waals surface area contributed by atoms with Crippen molar-refractivity contribution in [2.75, 3.05) is 13.6 Å². The molecule has 0 atom stereocenters. The van der Waals surface area contributed by atoms with E-state index < -0.39 is 11.7 Å². The highest BCUT2D eigenvalue weighted by Gasteiger charge is 2.29. The molecule has 390 valence electrons. The first kappa shape index (κ1) is 76.4. The third-order valence-electron chi connectivity index (χ3n) is 8.25. The van der Waals surface area contributed by atoms with E-state index in [2.05, 4.69) is 123 Å². The van der Waals surface area contributed by atoms with Crippen LogP contribution in [0.5, 0.6) is 0 Å². The number of carbonyl (C=O) groups excluding carboxylic acids is 1. The number of carbonyl (C=O) groups is 1. The van der Waals surface area contributed by atoms with Gasteiger partial charge in [-0.05, 0) is 63.9 Å². The van der Waals surface area contributed by atoms with E-state index >= 15 is 0 Å². The molecule has 0 unspecified atom stereocenters. The number of nitrogens with zero attached hydrogens (tertiary/aromatic N) is 13. The fraction of sp³-hybridized carbons (Fsp3) is 0.423. The van der Waals surface area contributed by atoms with Crippen LogP contribution in [0.25, 0.3) is 10.9 Å². The van der Waals surface area contributed by atoms with Crippen molar-refractivity contribution in [3.8, 4) is 0 Å². The molecule has 1 saturated heterocycles. The first-order valence-corrected chi connectivity index (χ1v) is 19.2. The number of fused-ring (bicyclic) bond motifs is 1. The van der Waals surface area contributed by atoms with E-state index in [1.54, 1.807) is 70.2 Å². The zero-order chi connectivity index (χ0) is 45.2. The number of rotatable bonds is 0. The minimum absolute atomic E-state index is 0. The molecule has 0 aliphatic carbocycles. The number of benzene rings is 3.